The molecule has 0 aliphatic heterocycles. The highest BCUT2D eigenvalue weighted by atomic mass is 16.6. The quantitative estimate of drug-likeness (QED) is 0.218. The van der Waals surface area contributed by atoms with Crippen LogP contribution in [0.2, 0.25) is 0 Å². The lowest BCUT2D eigenvalue weighted by molar-refractivity contribution is -0.124. The number of rotatable bonds is 8. The number of nitrogens with one attached hydrogen (secondary N) is 2. The average molecular weight is 434 g/mol. The number of anilines is 1. The molecule has 0 aliphatic carbocycles. The molecule has 0 spiro atoms. The Morgan fingerprint density at radius 1 is 1.03 bits per heavy atom. The summed E-state index contributed by atoms with van der Waals surface area (Å²) in [6.07, 6.45) is 2.93. The van der Waals surface area contributed by atoms with Gasteiger partial charge in [-0.15, -0.1) is 0 Å². The van der Waals surface area contributed by atoms with Crippen LogP contribution >= 0.6 is 0 Å². The smallest absolute Gasteiger partial charge is 0.412 e. The van der Waals surface area contributed by atoms with E-state index >= 15 is 0 Å². The van der Waals surface area contributed by atoms with Crippen molar-refractivity contribution in [2.24, 2.45) is 5.92 Å². The van der Waals surface area contributed by atoms with Crippen LogP contribution in [0, 0.1) is 5.92 Å². The summed E-state index contributed by atoms with van der Waals surface area (Å²) in [4.78, 5) is 23.9. The second-order valence-corrected chi connectivity index (χ2v) is 7.50. The van der Waals surface area contributed by atoms with Gasteiger partial charge in [-0.25, -0.2) is 10.3 Å². The second-order valence-electron chi connectivity index (χ2n) is 7.50. The molecule has 7 nitrogen and oxygen atoms in total. The first-order valence-corrected chi connectivity index (χ1v) is 10.3. The first-order valence-electron chi connectivity index (χ1n) is 10.3. The van der Waals surface area contributed by atoms with Crippen LogP contribution in [-0.4, -0.2) is 22.3 Å². The third kappa shape index (κ3) is 6.09. The normalized spacial score (nSPS) is 12.9. The summed E-state index contributed by atoms with van der Waals surface area (Å²) in [6, 6.07) is 19.9. The van der Waals surface area contributed by atoms with Crippen LogP contribution in [0.1, 0.15) is 31.4 Å². The monoisotopic (exact) mass is 434 g/mol. The molecule has 166 valence electrons. The van der Waals surface area contributed by atoms with Gasteiger partial charge in [0.2, 0.25) is 0 Å². The third-order valence-electron chi connectivity index (χ3n) is 5.17. The van der Waals surface area contributed by atoms with Crippen molar-refractivity contribution in [2.45, 2.75) is 25.9 Å². The van der Waals surface area contributed by atoms with E-state index in [1.54, 1.807) is 35.8 Å². The molecule has 0 aliphatic rings. The molecular formula is C25H26N2O5. The predicted molar refractivity (Wildman–Crippen MR) is 122 cm³/mol. The van der Waals surface area contributed by atoms with Crippen molar-refractivity contribution in [3.05, 3.63) is 84.4 Å². The number of hydroxylamine groups is 1. The van der Waals surface area contributed by atoms with E-state index in [0.717, 1.165) is 16.3 Å². The van der Waals surface area contributed by atoms with E-state index in [9.17, 15) is 14.7 Å². The van der Waals surface area contributed by atoms with Crippen LogP contribution < -0.4 is 10.8 Å². The number of aromatic hydroxyl groups is 1. The van der Waals surface area contributed by atoms with Crippen LogP contribution in [-0.2, 0) is 9.53 Å². The average Bonchev–Trinajstić information content (AvgIpc) is 2.81. The SMILES string of the molecule is C[C@@H](CC/C=C/C(=O)NO)[C@H](OC(=O)Nc1cccc2ccccc12)c1ccc(O)cc1. The Morgan fingerprint density at radius 3 is 2.50 bits per heavy atom. The zero-order valence-electron chi connectivity index (χ0n) is 17.7. The summed E-state index contributed by atoms with van der Waals surface area (Å²) in [5, 5.41) is 22.9. The second kappa shape index (κ2) is 11.0. The van der Waals surface area contributed by atoms with E-state index in [-0.39, 0.29) is 11.7 Å². The van der Waals surface area contributed by atoms with Gasteiger partial charge in [-0.3, -0.25) is 15.3 Å². The number of phenols is 1. The fourth-order valence-corrected chi connectivity index (χ4v) is 3.50. The lowest BCUT2D eigenvalue weighted by atomic mass is 9.93. The van der Waals surface area contributed by atoms with Crippen LogP contribution in [0.5, 0.6) is 5.75 Å². The Hall–Kier alpha value is -3.84. The number of allylic oxidation sites excluding steroid dienone is 1. The molecule has 3 aromatic rings. The lowest BCUT2D eigenvalue weighted by Crippen LogP contribution is -2.22. The Balaban J connectivity index is 1.74. The number of carbonyl (C=O) groups is 2. The van der Waals surface area contributed by atoms with Gasteiger partial charge in [0.15, 0.2) is 0 Å². The lowest BCUT2D eigenvalue weighted by Gasteiger charge is -2.25. The molecule has 0 unspecified atom stereocenters. The highest BCUT2D eigenvalue weighted by molar-refractivity contribution is 6.00. The minimum atomic E-state index is -0.599. The minimum Gasteiger partial charge on any atom is -0.508 e. The van der Waals surface area contributed by atoms with Gasteiger partial charge in [0.25, 0.3) is 5.91 Å². The van der Waals surface area contributed by atoms with Gasteiger partial charge in [-0.05, 0) is 47.9 Å². The van der Waals surface area contributed by atoms with Crippen molar-refractivity contribution in [1.82, 2.24) is 5.48 Å². The number of ether oxygens (including phenoxy) is 1. The third-order valence-corrected chi connectivity index (χ3v) is 5.17. The Morgan fingerprint density at radius 2 is 1.75 bits per heavy atom. The fourth-order valence-electron chi connectivity index (χ4n) is 3.50. The van der Waals surface area contributed by atoms with Gasteiger partial charge in [0, 0.05) is 11.5 Å². The predicted octanol–water partition coefficient (Wildman–Crippen LogP) is 5.31. The Kier molecular flexibility index (Phi) is 7.83. The summed E-state index contributed by atoms with van der Waals surface area (Å²) in [5.41, 5.74) is 2.95. The molecular weight excluding hydrogens is 408 g/mol. The number of carbonyl (C=O) groups excluding carboxylic acids is 2. The summed E-state index contributed by atoms with van der Waals surface area (Å²) in [7, 11) is 0. The number of phenolic OH excluding ortho intramolecular Hbond substituents is 1. The van der Waals surface area contributed by atoms with E-state index in [2.05, 4.69) is 5.32 Å². The molecule has 32 heavy (non-hydrogen) atoms. The number of fused-ring (bicyclic) bond motifs is 1. The zero-order valence-corrected chi connectivity index (χ0v) is 17.7. The van der Waals surface area contributed by atoms with Crippen LogP contribution in [0.25, 0.3) is 10.8 Å². The molecule has 0 radical (unpaired) electrons. The maximum absolute atomic E-state index is 12.8. The molecule has 7 heteroatoms. The minimum absolute atomic E-state index is 0.0837. The van der Waals surface area contributed by atoms with E-state index in [1.165, 1.54) is 6.08 Å². The van der Waals surface area contributed by atoms with E-state index in [1.807, 2.05) is 49.4 Å². The van der Waals surface area contributed by atoms with Crippen molar-refractivity contribution in [1.29, 1.82) is 0 Å². The van der Waals surface area contributed by atoms with Crippen molar-refractivity contribution >= 4 is 28.5 Å². The van der Waals surface area contributed by atoms with Gasteiger partial charge in [0.05, 0.1) is 5.69 Å². The van der Waals surface area contributed by atoms with Gasteiger partial charge in [-0.2, -0.15) is 0 Å². The zero-order chi connectivity index (χ0) is 22.9. The van der Waals surface area contributed by atoms with Gasteiger partial charge in [-0.1, -0.05) is 61.5 Å². The molecule has 0 saturated heterocycles. The van der Waals surface area contributed by atoms with E-state index in [4.69, 9.17) is 9.94 Å². The van der Waals surface area contributed by atoms with Crippen LogP contribution in [0.3, 0.4) is 0 Å². The fraction of sp³-hybridized carbons (Fsp3) is 0.200. The Bertz CT molecular complexity index is 1090. The highest BCUT2D eigenvalue weighted by Crippen LogP contribution is 2.31. The van der Waals surface area contributed by atoms with E-state index < -0.39 is 18.1 Å². The van der Waals surface area contributed by atoms with Crippen molar-refractivity contribution < 1.29 is 24.6 Å². The van der Waals surface area contributed by atoms with Crippen molar-refractivity contribution in [3.8, 4) is 5.75 Å². The molecule has 3 rings (SSSR count). The maximum atomic E-state index is 12.8. The molecule has 3 aromatic carbocycles. The summed E-state index contributed by atoms with van der Waals surface area (Å²) in [5.74, 6) is -0.559. The number of hydrogen-bond donors (Lipinski definition) is 4. The maximum Gasteiger partial charge on any atom is 0.412 e. The first-order chi connectivity index (χ1) is 15.5. The molecule has 2 amide bonds. The Labute approximate surface area is 186 Å². The molecule has 0 saturated carbocycles. The van der Waals surface area contributed by atoms with E-state index in [0.29, 0.717) is 18.5 Å². The van der Waals surface area contributed by atoms with Crippen LogP contribution in [0.4, 0.5) is 10.5 Å². The topological polar surface area (TPSA) is 108 Å². The summed E-state index contributed by atoms with van der Waals surface area (Å²) < 4.78 is 5.82. The molecule has 4 N–H and O–H groups in total. The van der Waals surface area contributed by atoms with Crippen molar-refractivity contribution in [3.63, 3.8) is 0 Å². The van der Waals surface area contributed by atoms with Gasteiger partial charge < -0.3 is 9.84 Å². The number of amides is 2. The summed E-state index contributed by atoms with van der Waals surface area (Å²) >= 11 is 0. The first kappa shape index (κ1) is 22.8. The molecule has 0 aromatic heterocycles. The van der Waals surface area contributed by atoms with Crippen molar-refractivity contribution in [2.75, 3.05) is 5.32 Å². The largest absolute Gasteiger partial charge is 0.508 e. The molecule has 0 bridgehead atoms. The van der Waals surface area contributed by atoms with Gasteiger partial charge in [0.1, 0.15) is 11.9 Å². The number of benzene rings is 3. The molecule has 2 atom stereocenters. The molecule has 0 heterocycles. The van der Waals surface area contributed by atoms with Crippen LogP contribution in [0.15, 0.2) is 78.9 Å². The number of hydrogen-bond acceptors (Lipinski definition) is 5. The highest BCUT2D eigenvalue weighted by Gasteiger charge is 2.24. The van der Waals surface area contributed by atoms with Gasteiger partial charge >= 0.3 is 6.09 Å². The molecule has 0 fully saturated rings. The summed E-state index contributed by atoms with van der Waals surface area (Å²) in [6.45, 7) is 1.95. The standard InChI is InChI=1S/C25H26N2O5/c1-17(7-2-5-12-23(29)27-31)24(19-13-15-20(28)16-14-19)32-25(30)26-22-11-6-9-18-8-3-4-10-21(18)22/h3-6,8-17,24,28,31H,2,7H2,1H3,(H,26,30)(H,27,29)/b12-5+/t17-,24-/m0/s1.